The van der Waals surface area contributed by atoms with E-state index in [2.05, 4.69) is 11.2 Å². The molecule has 1 N–H and O–H groups in total. The van der Waals surface area contributed by atoms with E-state index in [-0.39, 0.29) is 12.2 Å². The van der Waals surface area contributed by atoms with Crippen LogP contribution in [0, 0.1) is 29.6 Å². The molecular weight excluding hydrogens is 244 g/mol. The molecule has 0 spiro atoms. The number of rotatable bonds is 5. The van der Waals surface area contributed by atoms with E-state index in [9.17, 15) is 9.59 Å². The second kappa shape index (κ2) is 6.83. The molecule has 0 radical (unpaired) electrons. The van der Waals surface area contributed by atoms with E-state index in [1.165, 1.54) is 19.2 Å². The fraction of sp³-hybridized carbons (Fsp3) is 0.214. The number of terminal acetylenes is 1. The van der Waals surface area contributed by atoms with Crippen molar-refractivity contribution in [2.75, 3.05) is 13.7 Å². The normalized spacial score (nSPS) is 10.7. The molecule has 1 aromatic rings. The molecule has 0 unspecified atom stereocenters. The van der Waals surface area contributed by atoms with E-state index in [1.54, 1.807) is 18.2 Å². The number of Topliss-reactive ketones (excluding diaryl/α,β-unsaturated/α-hetero) is 1. The van der Waals surface area contributed by atoms with Crippen LogP contribution in [-0.2, 0) is 4.79 Å². The zero-order chi connectivity index (χ0) is 14.3. The van der Waals surface area contributed by atoms with Gasteiger partial charge in [-0.25, -0.2) is 0 Å². The van der Waals surface area contributed by atoms with E-state index in [0.717, 1.165) is 0 Å². The fourth-order valence-electron chi connectivity index (χ4n) is 1.39. The molecule has 19 heavy (non-hydrogen) atoms. The number of carbonyl (C=O) groups excluding carboxylic acids is 2. The van der Waals surface area contributed by atoms with Crippen LogP contribution in [0.5, 0.6) is 5.75 Å². The first-order chi connectivity index (χ1) is 9.13. The van der Waals surface area contributed by atoms with Crippen LogP contribution in [0.2, 0.25) is 0 Å². The Bertz CT molecular complexity index is 550. The number of ether oxygens (including phenoxy) is 1. The van der Waals surface area contributed by atoms with Gasteiger partial charge >= 0.3 is 0 Å². The summed E-state index contributed by atoms with van der Waals surface area (Å²) in [5, 5.41) is 11.1. The highest BCUT2D eigenvalue weighted by Gasteiger charge is 2.26. The standard InChI is InChI=1S/C14H12N2O3/c1-3-8-19-11-6-4-10(5-7-11)13(17)12(9-15)14(18)16-2/h1,4-7,12H,8H2,2H3,(H,16,18)/t12-/m0/s1. The number of hydrogen-bond donors (Lipinski definition) is 1. The van der Waals surface area contributed by atoms with Gasteiger partial charge in [0, 0.05) is 12.6 Å². The summed E-state index contributed by atoms with van der Waals surface area (Å²) >= 11 is 0. The molecule has 1 amide bonds. The molecule has 1 atom stereocenters. The SMILES string of the molecule is C#CCOc1ccc(C(=O)[C@H](C#N)C(=O)NC)cc1. The maximum Gasteiger partial charge on any atom is 0.245 e. The highest BCUT2D eigenvalue weighted by Crippen LogP contribution is 2.15. The van der Waals surface area contributed by atoms with E-state index in [0.29, 0.717) is 5.75 Å². The number of nitrogens with zero attached hydrogens (tertiary/aromatic N) is 1. The summed E-state index contributed by atoms with van der Waals surface area (Å²) in [6.45, 7) is 0.131. The van der Waals surface area contributed by atoms with Gasteiger partial charge in [-0.15, -0.1) is 6.42 Å². The lowest BCUT2D eigenvalue weighted by Gasteiger charge is -2.07. The Morgan fingerprint density at radius 2 is 2.05 bits per heavy atom. The summed E-state index contributed by atoms with van der Waals surface area (Å²) in [5.74, 6) is 0.315. The van der Waals surface area contributed by atoms with Crippen molar-refractivity contribution >= 4 is 11.7 Å². The van der Waals surface area contributed by atoms with Crippen LogP contribution in [0.25, 0.3) is 0 Å². The van der Waals surface area contributed by atoms with E-state index in [1.807, 2.05) is 0 Å². The maximum absolute atomic E-state index is 11.9. The van der Waals surface area contributed by atoms with Crippen LogP contribution in [0.1, 0.15) is 10.4 Å². The summed E-state index contributed by atoms with van der Waals surface area (Å²) in [6.07, 6.45) is 5.05. The molecule has 5 heteroatoms. The van der Waals surface area contributed by atoms with E-state index in [4.69, 9.17) is 16.4 Å². The smallest absolute Gasteiger partial charge is 0.245 e. The van der Waals surface area contributed by atoms with Crippen LogP contribution in [0.4, 0.5) is 0 Å². The quantitative estimate of drug-likeness (QED) is 0.479. The largest absolute Gasteiger partial charge is 0.481 e. The third-order valence-corrected chi connectivity index (χ3v) is 2.36. The second-order valence-electron chi connectivity index (χ2n) is 3.56. The maximum atomic E-state index is 11.9. The number of nitrogens with one attached hydrogen (secondary N) is 1. The summed E-state index contributed by atoms with van der Waals surface area (Å²) in [6, 6.07) is 7.77. The van der Waals surface area contributed by atoms with Crippen molar-refractivity contribution in [3.05, 3.63) is 29.8 Å². The van der Waals surface area contributed by atoms with Crippen LogP contribution < -0.4 is 10.1 Å². The molecule has 1 aromatic carbocycles. The Morgan fingerprint density at radius 1 is 1.42 bits per heavy atom. The van der Waals surface area contributed by atoms with Gasteiger partial charge in [0.2, 0.25) is 5.91 Å². The number of hydrogen-bond acceptors (Lipinski definition) is 4. The Hall–Kier alpha value is -2.79. The molecule has 0 fully saturated rings. The van der Waals surface area contributed by atoms with Crippen LogP contribution in [-0.4, -0.2) is 25.3 Å². The first-order valence-electron chi connectivity index (χ1n) is 5.45. The first-order valence-corrected chi connectivity index (χ1v) is 5.45. The van der Waals surface area contributed by atoms with Gasteiger partial charge in [0.15, 0.2) is 11.7 Å². The van der Waals surface area contributed by atoms with Gasteiger partial charge in [0.1, 0.15) is 12.4 Å². The Balaban J connectivity index is 2.86. The van der Waals surface area contributed by atoms with Gasteiger partial charge in [-0.05, 0) is 24.3 Å². The minimum absolute atomic E-state index is 0.131. The van der Waals surface area contributed by atoms with Gasteiger partial charge < -0.3 is 10.1 Å². The molecule has 1 rings (SSSR count). The molecule has 0 aliphatic carbocycles. The second-order valence-corrected chi connectivity index (χ2v) is 3.56. The Morgan fingerprint density at radius 3 is 2.53 bits per heavy atom. The summed E-state index contributed by atoms with van der Waals surface area (Å²) < 4.78 is 5.15. The first kappa shape index (κ1) is 14.3. The number of carbonyl (C=O) groups is 2. The van der Waals surface area contributed by atoms with Gasteiger partial charge in [-0.1, -0.05) is 5.92 Å². The molecule has 0 aliphatic heterocycles. The van der Waals surface area contributed by atoms with Crippen LogP contribution >= 0.6 is 0 Å². The van der Waals surface area contributed by atoms with E-state index >= 15 is 0 Å². The van der Waals surface area contributed by atoms with Crippen molar-refractivity contribution in [3.8, 4) is 24.2 Å². The lowest BCUT2D eigenvalue weighted by Crippen LogP contribution is -2.32. The third-order valence-electron chi connectivity index (χ3n) is 2.36. The zero-order valence-corrected chi connectivity index (χ0v) is 10.3. The van der Waals surface area contributed by atoms with Crippen molar-refractivity contribution in [1.29, 1.82) is 5.26 Å². The average Bonchev–Trinajstić information content (AvgIpc) is 2.46. The highest BCUT2D eigenvalue weighted by atomic mass is 16.5. The van der Waals surface area contributed by atoms with Crippen molar-refractivity contribution in [3.63, 3.8) is 0 Å². The minimum atomic E-state index is -1.34. The molecule has 0 aromatic heterocycles. The number of ketones is 1. The molecule has 96 valence electrons. The molecule has 0 saturated heterocycles. The lowest BCUT2D eigenvalue weighted by atomic mass is 9.98. The number of amides is 1. The number of benzene rings is 1. The molecule has 0 bridgehead atoms. The van der Waals surface area contributed by atoms with Gasteiger partial charge in [-0.2, -0.15) is 5.26 Å². The van der Waals surface area contributed by atoms with Crippen LogP contribution in [0.3, 0.4) is 0 Å². The van der Waals surface area contributed by atoms with Gasteiger partial charge in [0.25, 0.3) is 0 Å². The molecular formula is C14H12N2O3. The predicted octanol–water partition coefficient (Wildman–Crippen LogP) is 0.767. The Labute approximate surface area is 111 Å². The van der Waals surface area contributed by atoms with E-state index < -0.39 is 17.6 Å². The summed E-state index contributed by atoms with van der Waals surface area (Å²) in [5.41, 5.74) is 0.267. The summed E-state index contributed by atoms with van der Waals surface area (Å²) in [7, 11) is 1.37. The van der Waals surface area contributed by atoms with Crippen molar-refractivity contribution in [2.45, 2.75) is 0 Å². The zero-order valence-electron chi connectivity index (χ0n) is 10.3. The number of nitriles is 1. The predicted molar refractivity (Wildman–Crippen MR) is 68.3 cm³/mol. The average molecular weight is 256 g/mol. The van der Waals surface area contributed by atoms with Crippen LogP contribution in [0.15, 0.2) is 24.3 Å². The summed E-state index contributed by atoms with van der Waals surface area (Å²) in [4.78, 5) is 23.3. The minimum Gasteiger partial charge on any atom is -0.481 e. The topological polar surface area (TPSA) is 79.2 Å². The lowest BCUT2D eigenvalue weighted by molar-refractivity contribution is -0.121. The van der Waals surface area contributed by atoms with Crippen molar-refractivity contribution in [2.24, 2.45) is 5.92 Å². The van der Waals surface area contributed by atoms with Crippen molar-refractivity contribution < 1.29 is 14.3 Å². The monoisotopic (exact) mass is 256 g/mol. The third kappa shape index (κ3) is 3.58. The molecule has 0 saturated carbocycles. The molecule has 5 nitrogen and oxygen atoms in total. The van der Waals surface area contributed by atoms with Crippen molar-refractivity contribution in [1.82, 2.24) is 5.32 Å². The fourth-order valence-corrected chi connectivity index (χ4v) is 1.39. The van der Waals surface area contributed by atoms with Gasteiger partial charge in [0.05, 0.1) is 6.07 Å². The Kier molecular flexibility index (Phi) is 5.13. The van der Waals surface area contributed by atoms with Gasteiger partial charge in [-0.3, -0.25) is 9.59 Å². The molecule has 0 aliphatic rings. The highest BCUT2D eigenvalue weighted by molar-refractivity contribution is 6.12. The molecule has 0 heterocycles.